The Morgan fingerprint density at radius 3 is 2.59 bits per heavy atom. The standard InChI is InChI=1S/C31H41BrN2O7/c1-6-9-10-16-40-30(38)24-25-28(36)34(23(18-35)19(4)8-3)27(31(25)17-22(32)26(24)41-31)29(37)33(15-7-2)20-11-13-21(39-5)14-12-20/h6-7,11-14,19,22-27,35H,1-2,8-10,15-18H2,3-5H3/t19-,22?,23-,24-,25-,26-,27?,31?/m0/s1. The van der Waals surface area contributed by atoms with Crippen LogP contribution in [-0.2, 0) is 23.9 Å². The highest BCUT2D eigenvalue weighted by molar-refractivity contribution is 9.09. The SMILES string of the molecule is C=CCCCOC(=O)[C@H]1[C@H]2C(=O)N([C@@H](CO)[C@@H](C)CC)C(C(=O)N(CC=C)c3ccc(OC)cc3)C23CC(Br)[C@@H]1O3. The van der Waals surface area contributed by atoms with E-state index >= 15 is 0 Å². The van der Waals surface area contributed by atoms with Gasteiger partial charge in [0, 0.05) is 17.1 Å². The zero-order valence-corrected chi connectivity index (χ0v) is 25.6. The average Bonchev–Trinajstić information content (AvgIpc) is 3.57. The highest BCUT2D eigenvalue weighted by Crippen LogP contribution is 2.61. The predicted octanol–water partition coefficient (Wildman–Crippen LogP) is 3.88. The zero-order valence-electron chi connectivity index (χ0n) is 24.0. The Bertz CT molecular complexity index is 1140. The molecule has 0 aromatic heterocycles. The maximum atomic E-state index is 14.7. The van der Waals surface area contributed by atoms with Gasteiger partial charge in [-0.2, -0.15) is 0 Å². The first-order valence-electron chi connectivity index (χ1n) is 14.3. The first-order chi connectivity index (χ1) is 19.7. The van der Waals surface area contributed by atoms with Crippen molar-refractivity contribution in [3.63, 3.8) is 0 Å². The minimum Gasteiger partial charge on any atom is -0.497 e. The van der Waals surface area contributed by atoms with Crippen molar-refractivity contribution in [2.45, 2.75) is 68.1 Å². The molecule has 2 amide bonds. The summed E-state index contributed by atoms with van der Waals surface area (Å²) in [5.41, 5.74) is -0.655. The summed E-state index contributed by atoms with van der Waals surface area (Å²) in [6.07, 6.45) is 5.15. The molecule has 1 N–H and O–H groups in total. The molecule has 3 unspecified atom stereocenters. The molecule has 10 heteroatoms. The van der Waals surface area contributed by atoms with Crippen molar-refractivity contribution in [3.8, 4) is 5.75 Å². The molecule has 41 heavy (non-hydrogen) atoms. The summed E-state index contributed by atoms with van der Waals surface area (Å²) in [5.74, 6) is -2.44. The number of amides is 2. The van der Waals surface area contributed by atoms with Gasteiger partial charge in [-0.3, -0.25) is 14.4 Å². The quantitative estimate of drug-likeness (QED) is 0.144. The Balaban J connectivity index is 1.79. The third kappa shape index (κ3) is 5.46. The van der Waals surface area contributed by atoms with Gasteiger partial charge in [0.15, 0.2) is 0 Å². The molecule has 2 bridgehead atoms. The van der Waals surface area contributed by atoms with Gasteiger partial charge in [0.05, 0.1) is 44.3 Å². The molecule has 1 aromatic carbocycles. The normalized spacial score (nSPS) is 29.5. The number of esters is 1. The van der Waals surface area contributed by atoms with Crippen LogP contribution in [0.25, 0.3) is 0 Å². The van der Waals surface area contributed by atoms with Crippen LogP contribution in [0.4, 0.5) is 5.69 Å². The number of rotatable bonds is 14. The Labute approximate surface area is 250 Å². The molecule has 224 valence electrons. The van der Waals surface area contributed by atoms with E-state index in [9.17, 15) is 19.5 Å². The smallest absolute Gasteiger partial charge is 0.312 e. The van der Waals surface area contributed by atoms with Crippen molar-refractivity contribution < 1.29 is 33.7 Å². The maximum Gasteiger partial charge on any atom is 0.312 e. The Morgan fingerprint density at radius 2 is 2.00 bits per heavy atom. The number of unbranched alkanes of at least 4 members (excludes halogenated alkanes) is 1. The molecule has 3 fully saturated rings. The van der Waals surface area contributed by atoms with Gasteiger partial charge in [-0.05, 0) is 49.4 Å². The fraction of sp³-hybridized carbons (Fsp3) is 0.581. The van der Waals surface area contributed by atoms with E-state index in [4.69, 9.17) is 14.2 Å². The summed E-state index contributed by atoms with van der Waals surface area (Å²) in [7, 11) is 1.57. The van der Waals surface area contributed by atoms with Crippen LogP contribution >= 0.6 is 15.9 Å². The fourth-order valence-electron chi connectivity index (χ4n) is 6.65. The minimum atomic E-state index is -1.26. The summed E-state index contributed by atoms with van der Waals surface area (Å²) in [5, 5.41) is 10.5. The van der Waals surface area contributed by atoms with Crippen LogP contribution in [0.5, 0.6) is 5.75 Å². The molecular formula is C31H41BrN2O7. The summed E-state index contributed by atoms with van der Waals surface area (Å²) in [6.45, 7) is 11.5. The molecule has 1 aromatic rings. The van der Waals surface area contributed by atoms with Crippen LogP contribution in [0.3, 0.4) is 0 Å². The van der Waals surface area contributed by atoms with Gasteiger partial charge in [0.2, 0.25) is 5.91 Å². The lowest BCUT2D eigenvalue weighted by atomic mass is 9.70. The molecule has 0 aliphatic carbocycles. The minimum absolute atomic E-state index is 0.107. The number of benzene rings is 1. The molecule has 8 atom stereocenters. The lowest BCUT2D eigenvalue weighted by molar-refractivity contribution is -0.156. The molecule has 3 saturated heterocycles. The highest BCUT2D eigenvalue weighted by Gasteiger charge is 2.77. The van der Waals surface area contributed by atoms with E-state index < -0.39 is 41.6 Å². The van der Waals surface area contributed by atoms with Crippen LogP contribution in [0, 0.1) is 17.8 Å². The summed E-state index contributed by atoms with van der Waals surface area (Å²) >= 11 is 3.69. The van der Waals surface area contributed by atoms with Crippen LogP contribution < -0.4 is 9.64 Å². The van der Waals surface area contributed by atoms with E-state index in [-0.39, 0.29) is 42.3 Å². The van der Waals surface area contributed by atoms with E-state index in [2.05, 4.69) is 29.1 Å². The van der Waals surface area contributed by atoms with Crippen molar-refractivity contribution in [2.24, 2.45) is 17.8 Å². The van der Waals surface area contributed by atoms with Gasteiger partial charge >= 0.3 is 5.97 Å². The predicted molar refractivity (Wildman–Crippen MR) is 159 cm³/mol. The molecule has 3 aliphatic heterocycles. The van der Waals surface area contributed by atoms with Crippen molar-refractivity contribution >= 4 is 39.4 Å². The highest BCUT2D eigenvalue weighted by atomic mass is 79.9. The second kappa shape index (κ2) is 13.1. The third-order valence-electron chi connectivity index (χ3n) is 8.84. The Hall–Kier alpha value is -2.69. The molecule has 0 radical (unpaired) electrons. The first kappa shape index (κ1) is 31.3. The maximum absolute atomic E-state index is 14.7. The van der Waals surface area contributed by atoms with Crippen LogP contribution in [-0.4, -0.2) is 83.3 Å². The second-order valence-corrected chi connectivity index (χ2v) is 12.3. The molecule has 0 saturated carbocycles. The summed E-state index contributed by atoms with van der Waals surface area (Å²) in [4.78, 5) is 45.4. The van der Waals surface area contributed by atoms with Crippen LogP contribution in [0.15, 0.2) is 49.6 Å². The Morgan fingerprint density at radius 1 is 1.29 bits per heavy atom. The van der Waals surface area contributed by atoms with E-state index in [0.717, 1.165) is 0 Å². The topological polar surface area (TPSA) is 106 Å². The van der Waals surface area contributed by atoms with Crippen molar-refractivity contribution in [2.75, 3.05) is 31.8 Å². The van der Waals surface area contributed by atoms with Gasteiger partial charge in [-0.15, -0.1) is 13.2 Å². The number of aliphatic hydroxyl groups is 1. The number of allylic oxidation sites excluding steroid dienone is 1. The number of aliphatic hydroxyl groups excluding tert-OH is 1. The van der Waals surface area contributed by atoms with Gasteiger partial charge < -0.3 is 29.1 Å². The molecule has 3 heterocycles. The van der Waals surface area contributed by atoms with Crippen LogP contribution in [0.2, 0.25) is 0 Å². The number of ether oxygens (including phenoxy) is 3. The van der Waals surface area contributed by atoms with Gasteiger partial charge in [0.25, 0.3) is 5.91 Å². The average molecular weight is 634 g/mol. The van der Waals surface area contributed by atoms with E-state index in [1.807, 2.05) is 13.8 Å². The van der Waals surface area contributed by atoms with Crippen LogP contribution in [0.1, 0.15) is 39.5 Å². The number of hydrogen-bond acceptors (Lipinski definition) is 7. The largest absolute Gasteiger partial charge is 0.497 e. The molecule has 9 nitrogen and oxygen atoms in total. The number of alkyl halides is 1. The summed E-state index contributed by atoms with van der Waals surface area (Å²) in [6, 6.07) is 5.38. The number of hydrogen-bond donors (Lipinski definition) is 1. The molecule has 1 spiro atoms. The number of methoxy groups -OCH3 is 1. The summed E-state index contributed by atoms with van der Waals surface area (Å²) < 4.78 is 17.5. The van der Waals surface area contributed by atoms with Gasteiger partial charge in [0.1, 0.15) is 17.4 Å². The van der Waals surface area contributed by atoms with E-state index in [1.165, 1.54) is 4.90 Å². The fourth-order valence-corrected chi connectivity index (χ4v) is 7.59. The number of likely N-dealkylation sites (tertiary alicyclic amines) is 1. The lowest BCUT2D eigenvalue weighted by Gasteiger charge is -2.41. The zero-order chi connectivity index (χ0) is 29.9. The number of anilines is 1. The Kier molecular flexibility index (Phi) is 9.97. The van der Waals surface area contributed by atoms with Crippen molar-refractivity contribution in [3.05, 3.63) is 49.6 Å². The number of fused-ring (bicyclic) bond motifs is 1. The molecule has 4 rings (SSSR count). The third-order valence-corrected chi connectivity index (χ3v) is 9.68. The van der Waals surface area contributed by atoms with Crippen molar-refractivity contribution in [1.82, 2.24) is 4.90 Å². The number of carbonyl (C=O) groups excluding carboxylic acids is 3. The lowest BCUT2D eigenvalue weighted by Crippen LogP contribution is -2.60. The van der Waals surface area contributed by atoms with Gasteiger partial charge in [-0.25, -0.2) is 0 Å². The van der Waals surface area contributed by atoms with E-state index in [0.29, 0.717) is 37.1 Å². The number of halogens is 1. The molecule has 3 aliphatic rings. The van der Waals surface area contributed by atoms with E-state index in [1.54, 1.807) is 48.4 Å². The molecular weight excluding hydrogens is 592 g/mol. The second-order valence-electron chi connectivity index (χ2n) is 11.1. The number of carbonyl (C=O) groups is 3. The monoisotopic (exact) mass is 632 g/mol. The van der Waals surface area contributed by atoms with Gasteiger partial charge in [-0.1, -0.05) is 48.4 Å². The first-order valence-corrected chi connectivity index (χ1v) is 15.2. The van der Waals surface area contributed by atoms with Crippen molar-refractivity contribution in [1.29, 1.82) is 0 Å². The number of nitrogens with zero attached hydrogens (tertiary/aromatic N) is 2.